The van der Waals surface area contributed by atoms with E-state index in [9.17, 15) is 27.6 Å². The van der Waals surface area contributed by atoms with Gasteiger partial charge in [0.1, 0.15) is 12.6 Å². The van der Waals surface area contributed by atoms with Crippen molar-refractivity contribution in [3.05, 3.63) is 45.1 Å². The number of likely N-dealkylation sites (N-methyl/N-ethyl adjacent to an activating group) is 1. The zero-order valence-corrected chi connectivity index (χ0v) is 19.6. The van der Waals surface area contributed by atoms with Gasteiger partial charge in [0, 0.05) is 18.8 Å². The first-order valence-corrected chi connectivity index (χ1v) is 11.5. The van der Waals surface area contributed by atoms with E-state index in [4.69, 9.17) is 16.3 Å². The van der Waals surface area contributed by atoms with E-state index >= 15 is 0 Å². The van der Waals surface area contributed by atoms with Crippen molar-refractivity contribution in [2.75, 3.05) is 43.1 Å². The smallest absolute Gasteiger partial charge is 0.370 e. The van der Waals surface area contributed by atoms with Crippen LogP contribution in [0, 0.1) is 0 Å². The van der Waals surface area contributed by atoms with Crippen molar-refractivity contribution in [1.29, 1.82) is 0 Å². The first kappa shape index (κ1) is 25.9. The largest absolute Gasteiger partial charge is 0.418 e. The van der Waals surface area contributed by atoms with Crippen molar-refractivity contribution < 1.29 is 32.3 Å². The van der Waals surface area contributed by atoms with E-state index in [1.54, 1.807) is 13.0 Å². The fourth-order valence-corrected chi connectivity index (χ4v) is 4.24. The van der Waals surface area contributed by atoms with E-state index < -0.39 is 41.2 Å². The lowest BCUT2D eigenvalue weighted by molar-refractivity contribution is -0.137. The molecule has 34 heavy (non-hydrogen) atoms. The number of carbonyl (C=O) groups excluding carboxylic acids is 3. The normalized spacial score (nSPS) is 15.2. The van der Waals surface area contributed by atoms with Gasteiger partial charge < -0.3 is 25.6 Å². The third-order valence-electron chi connectivity index (χ3n) is 4.89. The number of hydrogen-bond acceptors (Lipinski definition) is 6. The summed E-state index contributed by atoms with van der Waals surface area (Å²) in [6.45, 7) is 2.02. The van der Waals surface area contributed by atoms with Crippen LogP contribution in [0.2, 0.25) is 4.34 Å². The van der Waals surface area contributed by atoms with Crippen molar-refractivity contribution in [2.24, 2.45) is 0 Å². The number of alkyl halides is 3. The third-order valence-corrected chi connectivity index (χ3v) is 6.12. The van der Waals surface area contributed by atoms with Gasteiger partial charge in [-0.1, -0.05) is 18.5 Å². The minimum Gasteiger partial charge on any atom is -0.370 e. The third kappa shape index (κ3) is 6.47. The Bertz CT molecular complexity index is 1060. The van der Waals surface area contributed by atoms with Crippen LogP contribution in [0.25, 0.3) is 0 Å². The standard InChI is InChI=1S/C21H22ClF3N4O4S/c1-2-26-15(10-27-20(32)16-5-6-17(22)34-16)19(31)28-14-4-3-12(9-13(14)21(23,24)25)29-7-8-33-11-18(29)30/h3-6,9,15,26H,2,7-8,10-11H2,1H3,(H,27,32)(H,28,31)/t15-/m1/s1. The first-order chi connectivity index (χ1) is 16.1. The fourth-order valence-electron chi connectivity index (χ4n) is 3.28. The summed E-state index contributed by atoms with van der Waals surface area (Å²) in [6.07, 6.45) is -4.78. The molecule has 1 atom stereocenters. The predicted octanol–water partition coefficient (Wildman–Crippen LogP) is 3.13. The lowest BCUT2D eigenvalue weighted by atomic mass is 10.1. The molecule has 3 N–H and O–H groups in total. The molecule has 1 aromatic heterocycles. The number of thiophene rings is 1. The Kier molecular flexibility index (Phi) is 8.52. The number of morpholine rings is 1. The predicted molar refractivity (Wildman–Crippen MR) is 122 cm³/mol. The summed E-state index contributed by atoms with van der Waals surface area (Å²) in [5.41, 5.74) is -1.49. The number of amides is 3. The van der Waals surface area contributed by atoms with E-state index in [0.29, 0.717) is 15.8 Å². The number of anilines is 2. The number of benzene rings is 1. The molecular weight excluding hydrogens is 497 g/mol. The Labute approximate surface area is 202 Å². The van der Waals surface area contributed by atoms with Gasteiger partial charge in [-0.15, -0.1) is 11.3 Å². The number of halogens is 4. The number of nitrogens with zero attached hydrogens (tertiary/aromatic N) is 1. The molecule has 1 saturated heterocycles. The molecule has 0 saturated carbocycles. The van der Waals surface area contributed by atoms with Crippen molar-refractivity contribution in [1.82, 2.24) is 10.6 Å². The minimum atomic E-state index is -4.78. The number of hydrogen-bond donors (Lipinski definition) is 3. The Balaban J connectivity index is 1.76. The summed E-state index contributed by atoms with van der Waals surface area (Å²) in [5, 5.41) is 7.71. The summed E-state index contributed by atoms with van der Waals surface area (Å²) >= 11 is 6.88. The maximum Gasteiger partial charge on any atom is 0.418 e. The molecule has 0 unspecified atom stereocenters. The van der Waals surface area contributed by atoms with E-state index in [0.717, 1.165) is 23.5 Å². The molecule has 1 aliphatic heterocycles. The fraction of sp³-hybridized carbons (Fsp3) is 0.381. The molecule has 0 bridgehead atoms. The first-order valence-electron chi connectivity index (χ1n) is 10.3. The molecule has 184 valence electrons. The monoisotopic (exact) mass is 518 g/mol. The minimum absolute atomic E-state index is 0.0590. The maximum atomic E-state index is 13.8. The van der Waals surface area contributed by atoms with Crippen molar-refractivity contribution in [3.63, 3.8) is 0 Å². The lowest BCUT2D eigenvalue weighted by Crippen LogP contribution is -2.48. The van der Waals surface area contributed by atoms with Gasteiger partial charge in [0.25, 0.3) is 11.8 Å². The topological polar surface area (TPSA) is 99.8 Å². The molecule has 1 fully saturated rings. The van der Waals surface area contributed by atoms with Crippen molar-refractivity contribution in [2.45, 2.75) is 19.1 Å². The molecule has 13 heteroatoms. The number of carbonyl (C=O) groups is 3. The summed E-state index contributed by atoms with van der Waals surface area (Å²) < 4.78 is 46.8. The number of ether oxygens (including phenoxy) is 1. The highest BCUT2D eigenvalue weighted by Gasteiger charge is 2.36. The Hall–Kier alpha value is -2.67. The highest BCUT2D eigenvalue weighted by Crippen LogP contribution is 2.37. The SMILES string of the molecule is CCN[C@H](CNC(=O)c1ccc(Cl)s1)C(=O)Nc1ccc(N2CCOCC2=O)cc1C(F)(F)F. The van der Waals surface area contributed by atoms with Crippen LogP contribution >= 0.6 is 22.9 Å². The average Bonchev–Trinajstić information content (AvgIpc) is 3.22. The molecule has 2 aromatic rings. The highest BCUT2D eigenvalue weighted by molar-refractivity contribution is 7.18. The molecule has 1 aliphatic rings. The van der Waals surface area contributed by atoms with E-state index in [-0.39, 0.29) is 32.0 Å². The quantitative estimate of drug-likeness (QED) is 0.498. The summed E-state index contributed by atoms with van der Waals surface area (Å²) in [4.78, 5) is 38.6. The second-order valence-electron chi connectivity index (χ2n) is 7.24. The molecule has 0 radical (unpaired) electrons. The van der Waals surface area contributed by atoms with Crippen LogP contribution in [0.5, 0.6) is 0 Å². The van der Waals surface area contributed by atoms with Gasteiger partial charge in [-0.3, -0.25) is 14.4 Å². The molecular formula is C21H22ClF3N4O4S. The van der Waals surface area contributed by atoms with Crippen LogP contribution in [-0.2, 0) is 20.5 Å². The number of nitrogens with one attached hydrogen (secondary N) is 3. The molecule has 0 aliphatic carbocycles. The van der Waals surface area contributed by atoms with Gasteiger partial charge >= 0.3 is 6.18 Å². The van der Waals surface area contributed by atoms with Crippen LogP contribution < -0.4 is 20.9 Å². The summed E-state index contributed by atoms with van der Waals surface area (Å²) in [5.74, 6) is -1.67. The molecule has 8 nitrogen and oxygen atoms in total. The molecule has 3 rings (SSSR count). The Morgan fingerprint density at radius 3 is 2.65 bits per heavy atom. The van der Waals surface area contributed by atoms with Gasteiger partial charge in [0.05, 0.1) is 27.1 Å². The second kappa shape index (κ2) is 11.2. The van der Waals surface area contributed by atoms with E-state index in [2.05, 4.69) is 16.0 Å². The summed E-state index contributed by atoms with van der Waals surface area (Å²) in [6, 6.07) is 5.35. The van der Waals surface area contributed by atoms with Crippen LogP contribution in [0.4, 0.5) is 24.5 Å². The van der Waals surface area contributed by atoms with Crippen LogP contribution in [0.15, 0.2) is 30.3 Å². The average molecular weight is 519 g/mol. The molecule has 1 aromatic carbocycles. The van der Waals surface area contributed by atoms with Crippen molar-refractivity contribution >= 4 is 52.0 Å². The number of rotatable bonds is 8. The van der Waals surface area contributed by atoms with E-state index in [1.165, 1.54) is 17.0 Å². The van der Waals surface area contributed by atoms with Crippen LogP contribution in [0.3, 0.4) is 0 Å². The highest BCUT2D eigenvalue weighted by atomic mass is 35.5. The van der Waals surface area contributed by atoms with Gasteiger partial charge in [-0.25, -0.2) is 0 Å². The van der Waals surface area contributed by atoms with Gasteiger partial charge in [0.15, 0.2) is 0 Å². The Morgan fingerprint density at radius 2 is 2.03 bits per heavy atom. The van der Waals surface area contributed by atoms with Crippen molar-refractivity contribution in [3.8, 4) is 0 Å². The molecule has 2 heterocycles. The van der Waals surface area contributed by atoms with Crippen LogP contribution in [-0.4, -0.2) is 56.6 Å². The Morgan fingerprint density at radius 1 is 1.26 bits per heavy atom. The lowest BCUT2D eigenvalue weighted by Gasteiger charge is -2.28. The zero-order valence-electron chi connectivity index (χ0n) is 18.0. The van der Waals surface area contributed by atoms with Gasteiger partial charge in [0.2, 0.25) is 5.91 Å². The molecule has 0 spiro atoms. The zero-order chi connectivity index (χ0) is 24.9. The molecule has 3 amide bonds. The van der Waals surface area contributed by atoms with E-state index in [1.807, 2.05) is 0 Å². The van der Waals surface area contributed by atoms with Gasteiger partial charge in [-0.05, 0) is 36.9 Å². The van der Waals surface area contributed by atoms with Gasteiger partial charge in [-0.2, -0.15) is 13.2 Å². The second-order valence-corrected chi connectivity index (χ2v) is 8.95. The van der Waals surface area contributed by atoms with Crippen LogP contribution in [0.1, 0.15) is 22.2 Å². The maximum absolute atomic E-state index is 13.8. The summed E-state index contributed by atoms with van der Waals surface area (Å²) in [7, 11) is 0.